The molecule has 6 nitrogen and oxygen atoms in total. The molecule has 1 N–H and O–H groups in total. The van der Waals surface area contributed by atoms with E-state index in [0.717, 1.165) is 0 Å². The van der Waals surface area contributed by atoms with Crippen LogP contribution in [0.5, 0.6) is 0 Å². The van der Waals surface area contributed by atoms with Gasteiger partial charge in [0, 0.05) is 0 Å². The zero-order chi connectivity index (χ0) is 15.6. The highest BCUT2D eigenvalue weighted by Gasteiger charge is 2.17. The third-order valence-corrected chi connectivity index (χ3v) is 3.26. The van der Waals surface area contributed by atoms with Gasteiger partial charge in [-0.2, -0.15) is 0 Å². The normalized spacial score (nSPS) is 10.9. The number of carboxylic acids is 1. The number of carboxylic acid groups (broad SMARTS) is 1. The van der Waals surface area contributed by atoms with Crippen molar-refractivity contribution in [3.05, 3.63) is 40.2 Å². The summed E-state index contributed by atoms with van der Waals surface area (Å²) < 4.78 is 1.48. The Labute approximate surface area is 126 Å². The van der Waals surface area contributed by atoms with Crippen LogP contribution in [0.1, 0.15) is 40.4 Å². The van der Waals surface area contributed by atoms with Crippen LogP contribution in [0.4, 0.5) is 0 Å². The van der Waals surface area contributed by atoms with Gasteiger partial charge in [0.05, 0.1) is 22.0 Å². The standard InChI is InChI=1S/C14H14ClN3O3/c1-8(2)5-13-12(7-19)16-17-18(13)9-3-4-11(15)10(6-9)14(20)21/h3-4,6-8H,5H2,1-2H3,(H,20,21). The summed E-state index contributed by atoms with van der Waals surface area (Å²) in [4.78, 5) is 22.2. The lowest BCUT2D eigenvalue weighted by Gasteiger charge is -2.10. The van der Waals surface area contributed by atoms with Crippen LogP contribution in [0.2, 0.25) is 5.02 Å². The van der Waals surface area contributed by atoms with Gasteiger partial charge in [-0.15, -0.1) is 5.10 Å². The summed E-state index contributed by atoms with van der Waals surface area (Å²) in [5, 5.41) is 17.0. The van der Waals surface area contributed by atoms with E-state index in [4.69, 9.17) is 16.7 Å². The van der Waals surface area contributed by atoms with E-state index in [1.165, 1.54) is 16.8 Å². The molecule has 0 atom stereocenters. The number of carbonyl (C=O) groups is 2. The molecule has 1 aromatic heterocycles. The molecule has 0 radical (unpaired) electrons. The second-order valence-corrected chi connectivity index (χ2v) is 5.43. The van der Waals surface area contributed by atoms with Gasteiger partial charge in [0.25, 0.3) is 0 Å². The molecule has 0 fully saturated rings. The molecule has 1 heterocycles. The minimum atomic E-state index is -1.12. The molecule has 0 spiro atoms. The average Bonchev–Trinajstić information content (AvgIpc) is 2.81. The van der Waals surface area contributed by atoms with Crippen LogP contribution >= 0.6 is 11.6 Å². The van der Waals surface area contributed by atoms with E-state index >= 15 is 0 Å². The number of aromatic nitrogens is 3. The van der Waals surface area contributed by atoms with Crippen LogP contribution in [-0.4, -0.2) is 32.4 Å². The molecule has 0 saturated carbocycles. The van der Waals surface area contributed by atoms with E-state index in [2.05, 4.69) is 10.3 Å². The Morgan fingerprint density at radius 3 is 2.76 bits per heavy atom. The Balaban J connectivity index is 2.56. The molecule has 7 heteroatoms. The van der Waals surface area contributed by atoms with Crippen molar-refractivity contribution in [1.82, 2.24) is 15.0 Å². The van der Waals surface area contributed by atoms with Crippen molar-refractivity contribution in [3.8, 4) is 5.69 Å². The first-order chi connectivity index (χ1) is 9.93. The van der Waals surface area contributed by atoms with Gasteiger partial charge in [-0.05, 0) is 30.5 Å². The van der Waals surface area contributed by atoms with Crippen molar-refractivity contribution >= 4 is 23.9 Å². The van der Waals surface area contributed by atoms with Crippen molar-refractivity contribution in [2.24, 2.45) is 5.92 Å². The van der Waals surface area contributed by atoms with E-state index in [1.54, 1.807) is 6.07 Å². The molecule has 0 amide bonds. The van der Waals surface area contributed by atoms with Crippen LogP contribution in [0.15, 0.2) is 18.2 Å². The van der Waals surface area contributed by atoms with Gasteiger partial charge in [0.1, 0.15) is 5.69 Å². The highest BCUT2D eigenvalue weighted by molar-refractivity contribution is 6.33. The smallest absolute Gasteiger partial charge is 0.337 e. The summed E-state index contributed by atoms with van der Waals surface area (Å²) >= 11 is 5.85. The number of rotatable bonds is 5. The Hall–Kier alpha value is -2.21. The fourth-order valence-corrected chi connectivity index (χ4v) is 2.20. The van der Waals surface area contributed by atoms with Crippen LogP contribution < -0.4 is 0 Å². The van der Waals surface area contributed by atoms with Gasteiger partial charge in [-0.25, -0.2) is 9.48 Å². The third-order valence-electron chi connectivity index (χ3n) is 2.93. The minimum Gasteiger partial charge on any atom is -0.478 e. The molecule has 0 aliphatic carbocycles. The molecular formula is C14H14ClN3O3. The number of hydrogen-bond donors (Lipinski definition) is 1. The average molecular weight is 308 g/mol. The van der Waals surface area contributed by atoms with Gasteiger partial charge in [-0.1, -0.05) is 30.7 Å². The summed E-state index contributed by atoms with van der Waals surface area (Å²) in [5.74, 6) is -0.824. The lowest BCUT2D eigenvalue weighted by Crippen LogP contribution is -2.08. The van der Waals surface area contributed by atoms with E-state index in [0.29, 0.717) is 30.0 Å². The maximum atomic E-state index is 11.1. The number of carbonyl (C=O) groups excluding carboxylic acids is 1. The van der Waals surface area contributed by atoms with Crippen molar-refractivity contribution in [3.63, 3.8) is 0 Å². The predicted octanol–water partition coefficient (Wildman–Crippen LogP) is 2.63. The maximum absolute atomic E-state index is 11.1. The van der Waals surface area contributed by atoms with E-state index in [9.17, 15) is 9.59 Å². The van der Waals surface area contributed by atoms with Crippen LogP contribution in [-0.2, 0) is 6.42 Å². The van der Waals surface area contributed by atoms with E-state index < -0.39 is 5.97 Å². The van der Waals surface area contributed by atoms with E-state index in [1.807, 2.05) is 13.8 Å². The van der Waals surface area contributed by atoms with Crippen molar-refractivity contribution in [1.29, 1.82) is 0 Å². The molecule has 110 valence electrons. The quantitative estimate of drug-likeness (QED) is 0.858. The van der Waals surface area contributed by atoms with Crippen LogP contribution in [0.25, 0.3) is 5.69 Å². The summed E-state index contributed by atoms with van der Waals surface area (Å²) in [6.45, 7) is 4.02. The Bertz CT molecular complexity index is 695. The van der Waals surface area contributed by atoms with Gasteiger partial charge in [0.15, 0.2) is 6.29 Å². The predicted molar refractivity (Wildman–Crippen MR) is 77.3 cm³/mol. The topological polar surface area (TPSA) is 85.1 Å². The van der Waals surface area contributed by atoms with Gasteiger partial charge < -0.3 is 5.11 Å². The first-order valence-electron chi connectivity index (χ1n) is 6.37. The number of halogens is 1. The fourth-order valence-electron chi connectivity index (χ4n) is 2.00. The summed E-state index contributed by atoms with van der Waals surface area (Å²) in [6, 6.07) is 4.54. The molecule has 21 heavy (non-hydrogen) atoms. The fraction of sp³-hybridized carbons (Fsp3) is 0.286. The zero-order valence-electron chi connectivity index (χ0n) is 11.6. The summed E-state index contributed by atoms with van der Waals surface area (Å²) in [7, 11) is 0. The van der Waals surface area contributed by atoms with Crippen molar-refractivity contribution in [2.75, 3.05) is 0 Å². The molecule has 0 aliphatic heterocycles. The second kappa shape index (κ2) is 6.05. The highest BCUT2D eigenvalue weighted by atomic mass is 35.5. The lowest BCUT2D eigenvalue weighted by molar-refractivity contribution is 0.0697. The molecule has 0 saturated heterocycles. The van der Waals surface area contributed by atoms with Crippen LogP contribution in [0, 0.1) is 5.92 Å². The van der Waals surface area contributed by atoms with E-state index in [-0.39, 0.29) is 16.3 Å². The first kappa shape index (κ1) is 15.2. The number of aromatic carboxylic acids is 1. The summed E-state index contributed by atoms with van der Waals surface area (Å²) in [6.07, 6.45) is 1.25. The first-order valence-corrected chi connectivity index (χ1v) is 6.74. The lowest BCUT2D eigenvalue weighted by atomic mass is 10.1. The van der Waals surface area contributed by atoms with Gasteiger partial charge in [0.2, 0.25) is 0 Å². The molecule has 2 rings (SSSR count). The second-order valence-electron chi connectivity index (χ2n) is 5.02. The highest BCUT2D eigenvalue weighted by Crippen LogP contribution is 2.22. The molecule has 2 aromatic rings. The number of benzene rings is 1. The number of hydrogen-bond acceptors (Lipinski definition) is 4. The van der Waals surface area contributed by atoms with Gasteiger partial charge in [-0.3, -0.25) is 4.79 Å². The van der Waals surface area contributed by atoms with Crippen molar-refractivity contribution in [2.45, 2.75) is 20.3 Å². The minimum absolute atomic E-state index is 0.0205. The summed E-state index contributed by atoms with van der Waals surface area (Å²) in [5.41, 5.74) is 1.40. The monoisotopic (exact) mass is 307 g/mol. The maximum Gasteiger partial charge on any atom is 0.337 e. The molecule has 0 aliphatic rings. The third kappa shape index (κ3) is 3.11. The SMILES string of the molecule is CC(C)Cc1c(C=O)nnn1-c1ccc(Cl)c(C(=O)O)c1. The molecule has 0 bridgehead atoms. The Morgan fingerprint density at radius 1 is 1.48 bits per heavy atom. The Morgan fingerprint density at radius 2 is 2.19 bits per heavy atom. The molecule has 1 aromatic carbocycles. The molecule has 0 unspecified atom stereocenters. The van der Waals surface area contributed by atoms with Gasteiger partial charge >= 0.3 is 5.97 Å². The number of aldehydes is 1. The van der Waals surface area contributed by atoms with Crippen LogP contribution in [0.3, 0.4) is 0 Å². The molecular weight excluding hydrogens is 294 g/mol. The Kier molecular flexibility index (Phi) is 4.37. The number of nitrogens with zero attached hydrogens (tertiary/aromatic N) is 3. The van der Waals surface area contributed by atoms with Crippen molar-refractivity contribution < 1.29 is 14.7 Å². The zero-order valence-corrected chi connectivity index (χ0v) is 12.3. The largest absolute Gasteiger partial charge is 0.478 e.